The highest BCUT2D eigenvalue weighted by Crippen LogP contribution is 2.10. The minimum Gasteiger partial charge on any atom is -0.379 e. The van der Waals surface area contributed by atoms with Crippen LogP contribution in [0, 0.1) is 6.92 Å². The predicted octanol–water partition coefficient (Wildman–Crippen LogP) is 1.64. The fourth-order valence-electron chi connectivity index (χ4n) is 1.39. The zero-order valence-electron chi connectivity index (χ0n) is 10.6. The Morgan fingerprint density at radius 1 is 1.44 bits per heavy atom. The molecule has 0 saturated carbocycles. The molecule has 18 heavy (non-hydrogen) atoms. The minimum absolute atomic E-state index is 0.0180. The molecule has 0 atom stereocenters. The third-order valence-corrected chi connectivity index (χ3v) is 3.09. The van der Waals surface area contributed by atoms with Crippen molar-refractivity contribution >= 4 is 23.4 Å². The molecule has 0 unspecified atom stereocenters. The molecule has 0 spiro atoms. The van der Waals surface area contributed by atoms with Crippen LogP contribution in [0.5, 0.6) is 0 Å². The van der Waals surface area contributed by atoms with E-state index in [0.29, 0.717) is 25.5 Å². The maximum atomic E-state index is 11.6. The van der Waals surface area contributed by atoms with Gasteiger partial charge in [-0.15, -0.1) is 11.8 Å². The molecule has 0 bridgehead atoms. The highest BCUT2D eigenvalue weighted by atomic mass is 32.2. The zero-order chi connectivity index (χ0) is 13.2. The average molecular weight is 268 g/mol. The number of ether oxygens (including phenoxy) is 1. The van der Waals surface area contributed by atoms with Gasteiger partial charge in [-0.2, -0.15) is 0 Å². The van der Waals surface area contributed by atoms with Gasteiger partial charge in [0.15, 0.2) is 0 Å². The molecule has 0 saturated heterocycles. The van der Waals surface area contributed by atoms with Crippen molar-refractivity contribution in [1.82, 2.24) is 0 Å². The molecule has 1 aromatic carbocycles. The molecule has 0 aliphatic heterocycles. The summed E-state index contributed by atoms with van der Waals surface area (Å²) in [6, 6.07) is 7.77. The Kier molecular flexibility index (Phi) is 7.48. The molecule has 100 valence electrons. The van der Waals surface area contributed by atoms with Gasteiger partial charge in [-0.05, 0) is 24.6 Å². The number of nitrogens with two attached hydrogens (primary N) is 1. The molecule has 0 radical (unpaired) electrons. The summed E-state index contributed by atoms with van der Waals surface area (Å²) in [5, 5.41) is 2.86. The Morgan fingerprint density at radius 2 is 2.28 bits per heavy atom. The van der Waals surface area contributed by atoms with Crippen molar-refractivity contribution in [3.63, 3.8) is 0 Å². The van der Waals surface area contributed by atoms with Crippen LogP contribution in [0.25, 0.3) is 0 Å². The SMILES string of the molecule is Cc1cccc(NC(=O)CSCCOCCN)c1. The fourth-order valence-corrected chi connectivity index (χ4v) is 2.03. The molecule has 1 amide bonds. The van der Waals surface area contributed by atoms with E-state index in [1.165, 1.54) is 0 Å². The van der Waals surface area contributed by atoms with Gasteiger partial charge in [0.05, 0.1) is 19.0 Å². The third-order valence-electron chi connectivity index (χ3n) is 2.17. The highest BCUT2D eigenvalue weighted by molar-refractivity contribution is 7.99. The largest absolute Gasteiger partial charge is 0.379 e. The number of aryl methyl sites for hydroxylation is 1. The van der Waals surface area contributed by atoms with Crippen LogP contribution in [0.3, 0.4) is 0 Å². The number of anilines is 1. The quantitative estimate of drug-likeness (QED) is 0.704. The molecule has 4 nitrogen and oxygen atoms in total. The number of nitrogens with one attached hydrogen (secondary N) is 1. The lowest BCUT2D eigenvalue weighted by molar-refractivity contribution is -0.113. The van der Waals surface area contributed by atoms with Crippen molar-refractivity contribution in [2.75, 3.05) is 36.6 Å². The molecule has 1 aromatic rings. The molecule has 5 heteroatoms. The molecule has 0 aliphatic carbocycles. The second-order valence-corrected chi connectivity index (χ2v) is 4.98. The molecule has 3 N–H and O–H groups in total. The van der Waals surface area contributed by atoms with Crippen LogP contribution < -0.4 is 11.1 Å². The van der Waals surface area contributed by atoms with Gasteiger partial charge < -0.3 is 15.8 Å². The average Bonchev–Trinajstić information content (AvgIpc) is 2.33. The topological polar surface area (TPSA) is 64.3 Å². The standard InChI is InChI=1S/C13H20N2O2S/c1-11-3-2-4-12(9-11)15-13(16)10-18-8-7-17-6-5-14/h2-4,9H,5-8,10,14H2,1H3,(H,15,16). The maximum absolute atomic E-state index is 11.6. The number of amides is 1. The third kappa shape index (κ3) is 6.64. The maximum Gasteiger partial charge on any atom is 0.234 e. The van der Waals surface area contributed by atoms with Crippen LogP contribution in [0.2, 0.25) is 0 Å². The van der Waals surface area contributed by atoms with E-state index in [9.17, 15) is 4.79 Å². The number of hydrogen-bond donors (Lipinski definition) is 2. The summed E-state index contributed by atoms with van der Waals surface area (Å²) in [4.78, 5) is 11.6. The van der Waals surface area contributed by atoms with Crippen LogP contribution in [0.4, 0.5) is 5.69 Å². The second-order valence-electron chi connectivity index (χ2n) is 3.87. The Morgan fingerprint density at radius 3 is 3.00 bits per heavy atom. The first-order valence-corrected chi connectivity index (χ1v) is 7.10. The normalized spacial score (nSPS) is 10.3. The van der Waals surface area contributed by atoms with E-state index in [1.807, 2.05) is 31.2 Å². The predicted molar refractivity (Wildman–Crippen MR) is 77.0 cm³/mol. The number of thioether (sulfide) groups is 1. The lowest BCUT2D eigenvalue weighted by atomic mass is 10.2. The van der Waals surface area contributed by atoms with E-state index in [2.05, 4.69) is 5.32 Å². The summed E-state index contributed by atoms with van der Waals surface area (Å²) in [5.41, 5.74) is 7.28. The lowest BCUT2D eigenvalue weighted by Crippen LogP contribution is -2.15. The number of hydrogen-bond acceptors (Lipinski definition) is 4. The van der Waals surface area contributed by atoms with Crippen LogP contribution >= 0.6 is 11.8 Å². The van der Waals surface area contributed by atoms with Crippen molar-refractivity contribution < 1.29 is 9.53 Å². The summed E-state index contributed by atoms with van der Waals surface area (Å²) in [6.07, 6.45) is 0. The van der Waals surface area contributed by atoms with Gasteiger partial charge in [-0.3, -0.25) is 4.79 Å². The first kappa shape index (κ1) is 15.0. The minimum atomic E-state index is 0.0180. The number of benzene rings is 1. The fraction of sp³-hybridized carbons (Fsp3) is 0.462. The van der Waals surface area contributed by atoms with Crippen LogP contribution in [0.1, 0.15) is 5.56 Å². The van der Waals surface area contributed by atoms with Gasteiger partial charge in [-0.1, -0.05) is 12.1 Å². The van der Waals surface area contributed by atoms with Gasteiger partial charge in [0.2, 0.25) is 5.91 Å². The molecule has 0 aromatic heterocycles. The summed E-state index contributed by atoms with van der Waals surface area (Å²) < 4.78 is 5.22. The van der Waals surface area contributed by atoms with E-state index in [4.69, 9.17) is 10.5 Å². The molecular formula is C13H20N2O2S. The van der Waals surface area contributed by atoms with Gasteiger partial charge in [0.25, 0.3) is 0 Å². The van der Waals surface area contributed by atoms with Crippen molar-refractivity contribution in [3.05, 3.63) is 29.8 Å². The Hall–Kier alpha value is -1.04. The summed E-state index contributed by atoms with van der Waals surface area (Å²) in [5.74, 6) is 1.27. The molecule has 1 rings (SSSR count). The molecule has 0 aliphatic rings. The Labute approximate surface area is 112 Å². The lowest BCUT2D eigenvalue weighted by Gasteiger charge is -2.06. The molecule has 0 heterocycles. The van der Waals surface area contributed by atoms with Gasteiger partial charge in [-0.25, -0.2) is 0 Å². The number of carbonyl (C=O) groups excluding carboxylic acids is 1. The zero-order valence-corrected chi connectivity index (χ0v) is 11.5. The smallest absolute Gasteiger partial charge is 0.234 e. The van der Waals surface area contributed by atoms with Crippen molar-refractivity contribution in [2.24, 2.45) is 5.73 Å². The number of rotatable bonds is 8. The van der Waals surface area contributed by atoms with Crippen LogP contribution in [0.15, 0.2) is 24.3 Å². The highest BCUT2D eigenvalue weighted by Gasteiger charge is 2.02. The van der Waals surface area contributed by atoms with Gasteiger partial charge in [0.1, 0.15) is 0 Å². The van der Waals surface area contributed by atoms with E-state index in [0.717, 1.165) is 17.0 Å². The van der Waals surface area contributed by atoms with Crippen molar-refractivity contribution in [2.45, 2.75) is 6.92 Å². The van der Waals surface area contributed by atoms with Crippen LogP contribution in [-0.2, 0) is 9.53 Å². The van der Waals surface area contributed by atoms with E-state index in [1.54, 1.807) is 11.8 Å². The molecule has 0 fully saturated rings. The number of carbonyl (C=O) groups is 1. The van der Waals surface area contributed by atoms with E-state index >= 15 is 0 Å². The molecular weight excluding hydrogens is 248 g/mol. The second kappa shape index (κ2) is 8.97. The van der Waals surface area contributed by atoms with E-state index < -0.39 is 0 Å². The monoisotopic (exact) mass is 268 g/mol. The summed E-state index contributed by atoms with van der Waals surface area (Å²) in [6.45, 7) is 3.76. The summed E-state index contributed by atoms with van der Waals surface area (Å²) in [7, 11) is 0. The summed E-state index contributed by atoms with van der Waals surface area (Å²) >= 11 is 1.56. The van der Waals surface area contributed by atoms with Crippen LogP contribution in [-0.4, -0.2) is 37.2 Å². The first-order chi connectivity index (χ1) is 8.72. The van der Waals surface area contributed by atoms with Gasteiger partial charge >= 0.3 is 0 Å². The first-order valence-electron chi connectivity index (χ1n) is 5.94. The Balaban J connectivity index is 2.14. The van der Waals surface area contributed by atoms with E-state index in [-0.39, 0.29) is 5.91 Å². The van der Waals surface area contributed by atoms with Crippen molar-refractivity contribution in [3.8, 4) is 0 Å². The Bertz CT molecular complexity index is 372. The van der Waals surface area contributed by atoms with Crippen molar-refractivity contribution in [1.29, 1.82) is 0 Å². The van der Waals surface area contributed by atoms with Gasteiger partial charge in [0, 0.05) is 18.0 Å².